The molecule has 0 aromatic heterocycles. The molecule has 3 rings (SSSR count). The van der Waals surface area contributed by atoms with Gasteiger partial charge in [0.05, 0.1) is 7.11 Å². The van der Waals surface area contributed by atoms with Gasteiger partial charge < -0.3 is 24.4 Å². The first-order valence-electron chi connectivity index (χ1n) is 9.58. The number of ether oxygens (including phenoxy) is 3. The van der Waals surface area contributed by atoms with E-state index in [9.17, 15) is 19.8 Å². The molecule has 154 valence electrons. The van der Waals surface area contributed by atoms with Gasteiger partial charge in [0.25, 0.3) is 0 Å². The SMILES string of the molecule is COc1cc(O)c(C(C)=O)c2c1[C@H]1[C@H](C(C)C)CC[C@@](O)(COC(C)=O)[C@H]1O2. The van der Waals surface area contributed by atoms with Crippen molar-refractivity contribution in [3.05, 3.63) is 17.2 Å². The smallest absolute Gasteiger partial charge is 0.302 e. The van der Waals surface area contributed by atoms with Gasteiger partial charge >= 0.3 is 5.97 Å². The van der Waals surface area contributed by atoms with Gasteiger partial charge in [0, 0.05) is 24.5 Å². The predicted octanol–water partition coefficient (Wildman–Crippen LogP) is 2.81. The molecule has 2 N–H and O–H groups in total. The zero-order valence-corrected chi connectivity index (χ0v) is 16.9. The Kier molecular flexibility index (Phi) is 5.32. The van der Waals surface area contributed by atoms with E-state index >= 15 is 0 Å². The Morgan fingerprint density at radius 3 is 2.57 bits per heavy atom. The lowest BCUT2D eigenvalue weighted by atomic mass is 9.64. The third-order valence-electron chi connectivity index (χ3n) is 6.02. The van der Waals surface area contributed by atoms with Gasteiger partial charge in [-0.15, -0.1) is 0 Å². The lowest BCUT2D eigenvalue weighted by Gasteiger charge is -2.45. The molecule has 1 aliphatic heterocycles. The van der Waals surface area contributed by atoms with Crippen molar-refractivity contribution in [1.82, 2.24) is 0 Å². The van der Waals surface area contributed by atoms with Crippen LogP contribution in [0.15, 0.2) is 6.07 Å². The molecule has 1 aromatic carbocycles. The number of carbonyl (C=O) groups is 2. The van der Waals surface area contributed by atoms with Crippen LogP contribution in [0, 0.1) is 11.8 Å². The topological polar surface area (TPSA) is 102 Å². The van der Waals surface area contributed by atoms with Crippen LogP contribution in [0.5, 0.6) is 17.2 Å². The van der Waals surface area contributed by atoms with E-state index in [1.165, 1.54) is 27.0 Å². The lowest BCUT2D eigenvalue weighted by Crippen LogP contribution is -2.55. The van der Waals surface area contributed by atoms with E-state index in [1.54, 1.807) is 0 Å². The van der Waals surface area contributed by atoms with Crippen molar-refractivity contribution in [1.29, 1.82) is 0 Å². The first-order valence-corrected chi connectivity index (χ1v) is 9.58. The number of ketones is 1. The van der Waals surface area contributed by atoms with Gasteiger partial charge in [-0.25, -0.2) is 0 Å². The minimum absolute atomic E-state index is 0.0857. The minimum atomic E-state index is -1.39. The largest absolute Gasteiger partial charge is 0.507 e. The van der Waals surface area contributed by atoms with Crippen LogP contribution in [-0.2, 0) is 9.53 Å². The fourth-order valence-corrected chi connectivity index (χ4v) is 4.69. The van der Waals surface area contributed by atoms with Crippen LogP contribution >= 0.6 is 0 Å². The van der Waals surface area contributed by atoms with Crippen molar-refractivity contribution < 1.29 is 34.0 Å². The van der Waals surface area contributed by atoms with Crippen molar-refractivity contribution in [2.75, 3.05) is 13.7 Å². The number of esters is 1. The number of hydrogen-bond acceptors (Lipinski definition) is 7. The highest BCUT2D eigenvalue weighted by Gasteiger charge is 2.57. The van der Waals surface area contributed by atoms with E-state index in [1.807, 2.05) is 0 Å². The molecule has 1 aromatic rings. The number of phenolic OH excluding ortho intramolecular Hbond substituents is 1. The number of hydrogen-bond donors (Lipinski definition) is 2. The van der Waals surface area contributed by atoms with E-state index in [0.717, 1.165) is 0 Å². The number of fused-ring (bicyclic) bond motifs is 3. The molecule has 7 heteroatoms. The Hall–Kier alpha value is -2.28. The van der Waals surface area contributed by atoms with E-state index in [0.29, 0.717) is 30.1 Å². The summed E-state index contributed by atoms with van der Waals surface area (Å²) in [6.07, 6.45) is 0.401. The number of Topliss-reactive ketones (excluding diaryl/α,β-unsaturated/α-hetero) is 1. The highest BCUT2D eigenvalue weighted by molar-refractivity contribution is 6.00. The van der Waals surface area contributed by atoms with Crippen LogP contribution < -0.4 is 9.47 Å². The van der Waals surface area contributed by atoms with Crippen LogP contribution in [0.1, 0.15) is 62.4 Å². The Morgan fingerprint density at radius 2 is 2.04 bits per heavy atom. The minimum Gasteiger partial charge on any atom is -0.507 e. The average Bonchev–Trinajstić information content (AvgIpc) is 3.00. The van der Waals surface area contributed by atoms with E-state index in [4.69, 9.17) is 14.2 Å². The number of aliphatic hydroxyl groups is 1. The normalized spacial score (nSPS) is 28.3. The standard InChI is InChI=1S/C21H28O7/c1-10(2)13-6-7-21(25,9-27-12(4)23)20-17(13)18-15(26-5)8-14(24)16(11(3)22)19(18)28-20/h8,10,13,17,20,24-25H,6-7,9H2,1-5H3/t13-,17+,20-,21+/m0/s1. The maximum atomic E-state index is 12.2. The molecule has 0 radical (unpaired) electrons. The van der Waals surface area contributed by atoms with Gasteiger partial charge in [-0.3, -0.25) is 9.59 Å². The maximum Gasteiger partial charge on any atom is 0.302 e. The number of carbonyl (C=O) groups excluding carboxylic acids is 2. The number of methoxy groups -OCH3 is 1. The summed E-state index contributed by atoms with van der Waals surface area (Å²) >= 11 is 0. The summed E-state index contributed by atoms with van der Waals surface area (Å²) in [6.45, 7) is 6.67. The second-order valence-corrected chi connectivity index (χ2v) is 8.17. The zero-order valence-electron chi connectivity index (χ0n) is 16.9. The van der Waals surface area contributed by atoms with Gasteiger partial charge in [0.2, 0.25) is 0 Å². The lowest BCUT2D eigenvalue weighted by molar-refractivity contribution is -0.165. The fraction of sp³-hybridized carbons (Fsp3) is 0.619. The number of aromatic hydroxyl groups is 1. The first-order chi connectivity index (χ1) is 13.1. The number of phenols is 1. The number of rotatable bonds is 5. The van der Waals surface area contributed by atoms with Crippen molar-refractivity contribution in [2.24, 2.45) is 11.8 Å². The van der Waals surface area contributed by atoms with E-state index in [-0.39, 0.29) is 41.3 Å². The zero-order chi connectivity index (χ0) is 20.8. The molecule has 1 saturated carbocycles. The molecule has 1 aliphatic carbocycles. The molecule has 28 heavy (non-hydrogen) atoms. The van der Waals surface area contributed by atoms with Crippen molar-refractivity contribution in [3.63, 3.8) is 0 Å². The molecule has 0 amide bonds. The summed E-state index contributed by atoms with van der Waals surface area (Å²) in [5.74, 6) is -0.141. The second-order valence-electron chi connectivity index (χ2n) is 8.17. The molecule has 1 fully saturated rings. The average molecular weight is 392 g/mol. The van der Waals surface area contributed by atoms with E-state index in [2.05, 4.69) is 13.8 Å². The molecule has 1 heterocycles. The van der Waals surface area contributed by atoms with Gasteiger partial charge in [-0.2, -0.15) is 0 Å². The third-order valence-corrected chi connectivity index (χ3v) is 6.02. The van der Waals surface area contributed by atoms with Crippen LogP contribution in [0.3, 0.4) is 0 Å². The quantitative estimate of drug-likeness (QED) is 0.587. The monoisotopic (exact) mass is 392 g/mol. The summed E-state index contributed by atoms with van der Waals surface area (Å²) < 4.78 is 16.8. The third kappa shape index (κ3) is 3.21. The molecular weight excluding hydrogens is 364 g/mol. The predicted molar refractivity (Wildman–Crippen MR) is 101 cm³/mol. The first kappa shape index (κ1) is 20.5. The highest BCUT2D eigenvalue weighted by atomic mass is 16.6. The van der Waals surface area contributed by atoms with Gasteiger partial charge in [0.1, 0.15) is 41.1 Å². The summed E-state index contributed by atoms with van der Waals surface area (Å²) in [4.78, 5) is 23.5. The number of benzene rings is 1. The highest BCUT2D eigenvalue weighted by Crippen LogP contribution is 2.58. The van der Waals surface area contributed by atoms with Crippen molar-refractivity contribution in [2.45, 2.75) is 58.2 Å². The van der Waals surface area contributed by atoms with Crippen LogP contribution in [0.2, 0.25) is 0 Å². The molecule has 4 atom stereocenters. The molecule has 0 bridgehead atoms. The molecule has 2 aliphatic rings. The summed E-state index contributed by atoms with van der Waals surface area (Å²) in [5, 5.41) is 21.7. The Bertz CT molecular complexity index is 800. The van der Waals surface area contributed by atoms with Gasteiger partial charge in [0.15, 0.2) is 5.78 Å². The fourth-order valence-electron chi connectivity index (χ4n) is 4.69. The van der Waals surface area contributed by atoms with Crippen molar-refractivity contribution >= 4 is 11.8 Å². The Labute approximate surface area is 164 Å². The maximum absolute atomic E-state index is 12.2. The van der Waals surface area contributed by atoms with Crippen LogP contribution in [0.4, 0.5) is 0 Å². The molecular formula is C21H28O7. The molecule has 7 nitrogen and oxygen atoms in total. The molecule has 0 spiro atoms. The molecule has 0 saturated heterocycles. The van der Waals surface area contributed by atoms with Gasteiger partial charge in [-0.05, 0) is 31.6 Å². The van der Waals surface area contributed by atoms with E-state index < -0.39 is 17.7 Å². The molecule has 0 unspecified atom stereocenters. The van der Waals surface area contributed by atoms with Crippen molar-refractivity contribution in [3.8, 4) is 17.2 Å². The Morgan fingerprint density at radius 1 is 1.36 bits per heavy atom. The summed E-state index contributed by atoms with van der Waals surface area (Å²) in [7, 11) is 1.49. The van der Waals surface area contributed by atoms with Crippen LogP contribution in [0.25, 0.3) is 0 Å². The second kappa shape index (κ2) is 7.28. The van der Waals surface area contributed by atoms with Gasteiger partial charge in [-0.1, -0.05) is 13.8 Å². The van der Waals surface area contributed by atoms with Crippen LogP contribution in [-0.4, -0.2) is 47.4 Å². The summed E-state index contributed by atoms with van der Waals surface area (Å²) in [6, 6.07) is 1.43. The summed E-state index contributed by atoms with van der Waals surface area (Å²) in [5.41, 5.74) is -0.618. The Balaban J connectivity index is 2.17.